The maximum Gasteiger partial charge on any atom is 0.258 e. The molecule has 1 atom stereocenters. The van der Waals surface area contributed by atoms with Gasteiger partial charge in [0.05, 0.1) is 6.04 Å². The number of ether oxygens (including phenoxy) is 1. The Morgan fingerprint density at radius 1 is 1.22 bits per heavy atom. The number of hydrogen-bond donors (Lipinski definition) is 1. The molecule has 3 heteroatoms. The maximum absolute atomic E-state index is 12.2. The summed E-state index contributed by atoms with van der Waals surface area (Å²) < 4.78 is 5.63. The van der Waals surface area contributed by atoms with Crippen molar-refractivity contribution in [3.63, 3.8) is 0 Å². The molecule has 0 fully saturated rings. The summed E-state index contributed by atoms with van der Waals surface area (Å²) in [4.78, 5) is 12.2. The molecule has 0 spiro atoms. The number of hydrogen-bond acceptors (Lipinski definition) is 2. The smallest absolute Gasteiger partial charge is 0.258 e. The molecule has 0 saturated carbocycles. The van der Waals surface area contributed by atoms with Crippen LogP contribution in [0, 0.1) is 0 Å². The molecule has 2 aromatic carbocycles. The van der Waals surface area contributed by atoms with Crippen molar-refractivity contribution < 1.29 is 9.53 Å². The van der Waals surface area contributed by atoms with Crippen LogP contribution < -0.4 is 10.1 Å². The number of benzene rings is 2. The molecule has 1 amide bonds. The van der Waals surface area contributed by atoms with Gasteiger partial charge >= 0.3 is 0 Å². The minimum absolute atomic E-state index is 0.0613. The fraction of sp³-hybridized carbons (Fsp3) is 0.350. The molecule has 0 radical (unpaired) electrons. The standard InChI is InChI=1S/C20H23NO2/c1-2-15-7-5-10-17(13-15)23-14-20(22)21-19-12-6-9-16-8-3-4-11-18(16)19/h3-5,7-8,10-11,13,19H,2,6,9,12,14H2,1H3,(H,21,22)/t19-/m0/s1. The normalized spacial score (nSPS) is 16.5. The van der Waals surface area contributed by atoms with Crippen LogP contribution in [0.15, 0.2) is 48.5 Å². The van der Waals surface area contributed by atoms with Crippen LogP contribution in [-0.2, 0) is 17.6 Å². The summed E-state index contributed by atoms with van der Waals surface area (Å²) in [7, 11) is 0. The van der Waals surface area contributed by atoms with Gasteiger partial charge < -0.3 is 10.1 Å². The van der Waals surface area contributed by atoms with Crippen molar-refractivity contribution in [2.45, 2.75) is 38.6 Å². The van der Waals surface area contributed by atoms with Gasteiger partial charge in [0.2, 0.25) is 0 Å². The van der Waals surface area contributed by atoms with E-state index in [-0.39, 0.29) is 18.6 Å². The highest BCUT2D eigenvalue weighted by Gasteiger charge is 2.21. The van der Waals surface area contributed by atoms with E-state index < -0.39 is 0 Å². The molecule has 1 aliphatic rings. The molecule has 0 saturated heterocycles. The third-order valence-corrected chi connectivity index (χ3v) is 4.38. The topological polar surface area (TPSA) is 38.3 Å². The number of amides is 1. The summed E-state index contributed by atoms with van der Waals surface area (Å²) in [5.74, 6) is 0.692. The van der Waals surface area contributed by atoms with Crippen LogP contribution in [0.4, 0.5) is 0 Å². The van der Waals surface area contributed by atoms with Crippen molar-refractivity contribution >= 4 is 5.91 Å². The quantitative estimate of drug-likeness (QED) is 0.912. The zero-order valence-electron chi connectivity index (χ0n) is 13.5. The lowest BCUT2D eigenvalue weighted by atomic mass is 9.88. The van der Waals surface area contributed by atoms with Crippen molar-refractivity contribution in [1.29, 1.82) is 0 Å². The molecule has 1 aliphatic carbocycles. The zero-order valence-corrected chi connectivity index (χ0v) is 13.5. The Kier molecular flexibility index (Phi) is 4.96. The highest BCUT2D eigenvalue weighted by molar-refractivity contribution is 5.78. The molecule has 0 aliphatic heterocycles. The number of fused-ring (bicyclic) bond motifs is 1. The third-order valence-electron chi connectivity index (χ3n) is 4.38. The van der Waals surface area contributed by atoms with E-state index in [1.54, 1.807) is 0 Å². The van der Waals surface area contributed by atoms with Crippen molar-refractivity contribution in [3.8, 4) is 5.75 Å². The third kappa shape index (κ3) is 3.92. The Hall–Kier alpha value is -2.29. The first kappa shape index (κ1) is 15.6. The zero-order chi connectivity index (χ0) is 16.1. The van der Waals surface area contributed by atoms with Crippen LogP contribution in [0.5, 0.6) is 5.75 Å². The highest BCUT2D eigenvalue weighted by Crippen LogP contribution is 2.29. The van der Waals surface area contributed by atoms with E-state index in [0.717, 1.165) is 31.4 Å². The first-order chi connectivity index (χ1) is 11.3. The van der Waals surface area contributed by atoms with Gasteiger partial charge in [0.25, 0.3) is 5.91 Å². The molecule has 120 valence electrons. The molecule has 0 bridgehead atoms. The monoisotopic (exact) mass is 309 g/mol. The van der Waals surface area contributed by atoms with Crippen LogP contribution in [0.3, 0.4) is 0 Å². The number of carbonyl (C=O) groups is 1. The minimum Gasteiger partial charge on any atom is -0.484 e. The van der Waals surface area contributed by atoms with Crippen LogP contribution in [0.1, 0.15) is 42.5 Å². The Balaban J connectivity index is 1.58. The van der Waals surface area contributed by atoms with E-state index in [1.165, 1.54) is 16.7 Å². The van der Waals surface area contributed by atoms with Gasteiger partial charge in [-0.3, -0.25) is 4.79 Å². The van der Waals surface area contributed by atoms with Gasteiger partial charge in [0.15, 0.2) is 6.61 Å². The van der Waals surface area contributed by atoms with Gasteiger partial charge in [0, 0.05) is 0 Å². The maximum atomic E-state index is 12.2. The molecular formula is C20H23NO2. The SMILES string of the molecule is CCc1cccc(OCC(=O)N[C@H]2CCCc3ccccc32)c1. The van der Waals surface area contributed by atoms with Gasteiger partial charge in [-0.1, -0.05) is 43.3 Å². The van der Waals surface area contributed by atoms with Gasteiger partial charge in [-0.05, 0) is 54.5 Å². The number of carbonyl (C=O) groups excluding carboxylic acids is 1. The summed E-state index contributed by atoms with van der Waals surface area (Å²) >= 11 is 0. The van der Waals surface area contributed by atoms with Crippen LogP contribution >= 0.6 is 0 Å². The molecule has 2 aromatic rings. The van der Waals surface area contributed by atoms with Gasteiger partial charge in [0.1, 0.15) is 5.75 Å². The molecule has 1 N–H and O–H groups in total. The van der Waals surface area contributed by atoms with Crippen molar-refractivity contribution in [1.82, 2.24) is 5.32 Å². The fourth-order valence-electron chi connectivity index (χ4n) is 3.14. The summed E-state index contributed by atoms with van der Waals surface area (Å²) in [5.41, 5.74) is 3.81. The fourth-order valence-corrected chi connectivity index (χ4v) is 3.14. The Bertz CT molecular complexity index is 681. The lowest BCUT2D eigenvalue weighted by Gasteiger charge is -2.26. The van der Waals surface area contributed by atoms with E-state index >= 15 is 0 Å². The molecular weight excluding hydrogens is 286 g/mol. The molecule has 0 unspecified atom stereocenters. The number of rotatable bonds is 5. The Morgan fingerprint density at radius 3 is 2.96 bits per heavy atom. The van der Waals surface area contributed by atoms with E-state index in [4.69, 9.17) is 4.74 Å². The lowest BCUT2D eigenvalue weighted by Crippen LogP contribution is -2.34. The summed E-state index contributed by atoms with van der Waals surface area (Å²) in [6.07, 6.45) is 4.17. The van der Waals surface area contributed by atoms with Gasteiger partial charge in [-0.25, -0.2) is 0 Å². The summed E-state index contributed by atoms with van der Waals surface area (Å²) in [5, 5.41) is 3.11. The summed E-state index contributed by atoms with van der Waals surface area (Å²) in [6.45, 7) is 2.16. The molecule has 0 aromatic heterocycles. The lowest BCUT2D eigenvalue weighted by molar-refractivity contribution is -0.123. The average Bonchev–Trinajstić information content (AvgIpc) is 2.60. The second-order valence-electron chi connectivity index (χ2n) is 6.00. The van der Waals surface area contributed by atoms with E-state index in [1.807, 2.05) is 24.3 Å². The second kappa shape index (κ2) is 7.32. The Morgan fingerprint density at radius 2 is 2.09 bits per heavy atom. The highest BCUT2D eigenvalue weighted by atomic mass is 16.5. The van der Waals surface area contributed by atoms with Crippen LogP contribution in [0.25, 0.3) is 0 Å². The van der Waals surface area contributed by atoms with Gasteiger partial charge in [-0.15, -0.1) is 0 Å². The van der Waals surface area contributed by atoms with E-state index in [0.29, 0.717) is 0 Å². The molecule has 0 heterocycles. The van der Waals surface area contributed by atoms with Gasteiger partial charge in [-0.2, -0.15) is 0 Å². The predicted octanol–water partition coefficient (Wildman–Crippen LogP) is 3.82. The predicted molar refractivity (Wildman–Crippen MR) is 91.6 cm³/mol. The largest absolute Gasteiger partial charge is 0.484 e. The molecule has 3 nitrogen and oxygen atoms in total. The van der Waals surface area contributed by atoms with E-state index in [2.05, 4.69) is 36.5 Å². The Labute approximate surface area is 137 Å². The number of nitrogens with one attached hydrogen (secondary N) is 1. The van der Waals surface area contributed by atoms with Crippen LogP contribution in [-0.4, -0.2) is 12.5 Å². The molecule has 23 heavy (non-hydrogen) atoms. The number of aryl methyl sites for hydroxylation is 2. The second-order valence-corrected chi connectivity index (χ2v) is 6.00. The van der Waals surface area contributed by atoms with E-state index in [9.17, 15) is 4.79 Å². The van der Waals surface area contributed by atoms with Crippen molar-refractivity contribution in [2.24, 2.45) is 0 Å². The van der Waals surface area contributed by atoms with Crippen molar-refractivity contribution in [2.75, 3.05) is 6.61 Å². The first-order valence-corrected chi connectivity index (χ1v) is 8.35. The average molecular weight is 309 g/mol. The van der Waals surface area contributed by atoms with Crippen molar-refractivity contribution in [3.05, 3.63) is 65.2 Å². The first-order valence-electron chi connectivity index (χ1n) is 8.35. The summed E-state index contributed by atoms with van der Waals surface area (Å²) in [6, 6.07) is 16.4. The minimum atomic E-state index is -0.0615. The molecule has 3 rings (SSSR count). The van der Waals surface area contributed by atoms with Crippen LogP contribution in [0.2, 0.25) is 0 Å².